The van der Waals surface area contributed by atoms with Crippen molar-refractivity contribution in [3.63, 3.8) is 0 Å². The van der Waals surface area contributed by atoms with E-state index < -0.39 is 17.6 Å². The van der Waals surface area contributed by atoms with Gasteiger partial charge in [0, 0.05) is 16.9 Å². The van der Waals surface area contributed by atoms with Crippen LogP contribution in [0.1, 0.15) is 38.3 Å². The Kier molecular flexibility index (Phi) is 7.04. The van der Waals surface area contributed by atoms with Crippen LogP contribution >= 0.6 is 12.2 Å². The number of carbonyl (C=O) groups is 2. The Hall–Kier alpha value is -3.43. The Morgan fingerprint density at radius 3 is 2.06 bits per heavy atom. The Morgan fingerprint density at radius 2 is 1.61 bits per heavy atom. The first-order valence-corrected chi connectivity index (χ1v) is 10.9. The average Bonchev–Trinajstić information content (AvgIpc) is 3.03. The number of hydroxylamine groups is 2. The van der Waals surface area contributed by atoms with Gasteiger partial charge < -0.3 is 26.3 Å². The van der Waals surface area contributed by atoms with Crippen LogP contribution in [0.4, 0.5) is 16.2 Å². The van der Waals surface area contributed by atoms with Crippen molar-refractivity contribution in [2.24, 2.45) is 5.73 Å². The van der Waals surface area contributed by atoms with Crippen LogP contribution in [-0.2, 0) is 15.2 Å². The second-order valence-corrected chi connectivity index (χ2v) is 8.53. The molecule has 0 aromatic heterocycles. The Morgan fingerprint density at radius 1 is 1.09 bits per heavy atom. The first-order chi connectivity index (χ1) is 15.6. The smallest absolute Gasteiger partial charge is 0.324 e. The van der Waals surface area contributed by atoms with Crippen LogP contribution in [0.2, 0.25) is 0 Å². The van der Waals surface area contributed by atoms with E-state index in [4.69, 9.17) is 22.8 Å². The number of rotatable bonds is 7. The molecule has 0 aliphatic carbocycles. The zero-order valence-corrected chi connectivity index (χ0v) is 19.8. The third kappa shape index (κ3) is 4.84. The highest BCUT2D eigenvalue weighted by molar-refractivity contribution is 7.80. The summed E-state index contributed by atoms with van der Waals surface area (Å²) in [4.78, 5) is 30.2. The Labute approximate surface area is 198 Å². The van der Waals surface area contributed by atoms with E-state index in [0.29, 0.717) is 29.1 Å². The van der Waals surface area contributed by atoms with Crippen LogP contribution in [-0.4, -0.2) is 33.2 Å². The van der Waals surface area contributed by atoms with E-state index in [1.54, 1.807) is 19.1 Å². The summed E-state index contributed by atoms with van der Waals surface area (Å²) in [6.45, 7) is 7.44. The highest BCUT2D eigenvalue weighted by Crippen LogP contribution is 2.45. The normalized spacial score (nSPS) is 19.0. The molecule has 33 heavy (non-hydrogen) atoms. The van der Waals surface area contributed by atoms with Crippen LogP contribution in [0, 0.1) is 6.92 Å². The number of aliphatic carboxylic acids is 1. The topological polar surface area (TPSA) is 117 Å². The summed E-state index contributed by atoms with van der Waals surface area (Å²) in [5.41, 5.74) is 8.78. The van der Waals surface area contributed by atoms with Gasteiger partial charge >= 0.3 is 12.0 Å². The minimum Gasteiger partial charge on any atom is -0.480 e. The molecule has 1 aliphatic rings. The van der Waals surface area contributed by atoms with Crippen molar-refractivity contribution in [2.75, 3.05) is 10.6 Å². The van der Waals surface area contributed by atoms with Crippen molar-refractivity contribution < 1.29 is 19.5 Å². The summed E-state index contributed by atoms with van der Waals surface area (Å²) in [6.07, 6.45) is 0.321. The molecule has 0 spiro atoms. The van der Waals surface area contributed by atoms with E-state index in [1.165, 1.54) is 5.06 Å². The van der Waals surface area contributed by atoms with Gasteiger partial charge in [-0.15, -0.1) is 5.06 Å². The summed E-state index contributed by atoms with van der Waals surface area (Å²) in [5.74, 6) is -0.710. The molecule has 2 aromatic carbocycles. The van der Waals surface area contributed by atoms with Crippen LogP contribution < -0.4 is 16.4 Å². The number of carboxylic acid groups (broad SMARTS) is 1. The standard InChI is InChI=1S/C24H28N4O4S/c1-5-19(22(29)30)28-24(4,15(3)20(32-28)21(25)33)16-8-12-18(13-9-16)27-23(31)26-17-10-6-14(2)7-11-17/h6-13,19H,5H2,1-4H3,(H2,25,33)(H,29,30)(H2,26,27,31)/t19?,24-/m0/s1. The number of nitrogens with zero attached hydrogens (tertiary/aromatic N) is 1. The van der Waals surface area contributed by atoms with Crippen molar-refractivity contribution in [3.05, 3.63) is 71.0 Å². The highest BCUT2D eigenvalue weighted by Gasteiger charge is 2.50. The molecule has 0 fully saturated rings. The fourth-order valence-electron chi connectivity index (χ4n) is 3.84. The average molecular weight is 469 g/mol. The van der Waals surface area contributed by atoms with Gasteiger partial charge in [0.1, 0.15) is 16.6 Å². The lowest BCUT2D eigenvalue weighted by Gasteiger charge is -2.37. The molecule has 0 radical (unpaired) electrons. The Balaban J connectivity index is 1.85. The lowest BCUT2D eigenvalue weighted by atomic mass is 9.83. The lowest BCUT2D eigenvalue weighted by Crippen LogP contribution is -2.49. The van der Waals surface area contributed by atoms with Gasteiger partial charge in [-0.3, -0.25) is 4.79 Å². The summed E-state index contributed by atoms with van der Waals surface area (Å²) < 4.78 is 0. The zero-order chi connectivity index (χ0) is 24.3. The van der Waals surface area contributed by atoms with Crippen molar-refractivity contribution >= 4 is 40.6 Å². The van der Waals surface area contributed by atoms with Gasteiger partial charge in [0.2, 0.25) is 0 Å². The second-order valence-electron chi connectivity index (χ2n) is 8.09. The minimum absolute atomic E-state index is 0.0625. The second kappa shape index (κ2) is 9.60. The van der Waals surface area contributed by atoms with E-state index in [1.807, 2.05) is 57.2 Å². The maximum Gasteiger partial charge on any atom is 0.324 e. The number of hydrogen-bond donors (Lipinski definition) is 4. The maximum absolute atomic E-state index is 12.3. The van der Waals surface area contributed by atoms with Crippen molar-refractivity contribution in [3.8, 4) is 0 Å². The van der Waals surface area contributed by atoms with E-state index in [0.717, 1.165) is 11.1 Å². The number of carbonyl (C=O) groups excluding carboxylic acids is 1. The number of amides is 2. The number of carboxylic acids is 1. The van der Waals surface area contributed by atoms with Crippen LogP contribution in [0.5, 0.6) is 0 Å². The van der Waals surface area contributed by atoms with E-state index in [2.05, 4.69) is 10.6 Å². The number of nitrogens with one attached hydrogen (secondary N) is 2. The molecule has 1 unspecified atom stereocenters. The summed E-state index contributed by atoms with van der Waals surface area (Å²) in [7, 11) is 0. The molecular formula is C24H28N4O4S. The third-order valence-corrected chi connectivity index (χ3v) is 6.08. The zero-order valence-electron chi connectivity index (χ0n) is 19.0. The van der Waals surface area contributed by atoms with Gasteiger partial charge in [0.25, 0.3) is 0 Å². The Bertz CT molecular complexity index is 1100. The van der Waals surface area contributed by atoms with Crippen LogP contribution in [0.15, 0.2) is 59.9 Å². The van der Waals surface area contributed by atoms with E-state index in [9.17, 15) is 14.7 Å². The maximum atomic E-state index is 12.3. The molecule has 2 amide bonds. The van der Waals surface area contributed by atoms with Crippen molar-refractivity contribution in [1.82, 2.24) is 5.06 Å². The fraction of sp³-hybridized carbons (Fsp3) is 0.292. The molecule has 2 aromatic rings. The molecule has 0 saturated heterocycles. The van der Waals surface area contributed by atoms with Crippen LogP contribution in [0.25, 0.3) is 0 Å². The van der Waals surface area contributed by atoms with Gasteiger partial charge in [-0.1, -0.05) is 49.0 Å². The molecular weight excluding hydrogens is 440 g/mol. The first kappa shape index (κ1) is 24.2. The summed E-state index contributed by atoms with van der Waals surface area (Å²) >= 11 is 5.12. The van der Waals surface area contributed by atoms with Crippen molar-refractivity contribution in [2.45, 2.75) is 45.7 Å². The molecule has 174 valence electrons. The molecule has 0 bridgehead atoms. The third-order valence-electron chi connectivity index (χ3n) is 5.89. The van der Waals surface area contributed by atoms with Crippen molar-refractivity contribution in [1.29, 1.82) is 0 Å². The molecule has 8 nitrogen and oxygen atoms in total. The van der Waals surface area contributed by atoms with E-state index >= 15 is 0 Å². The first-order valence-electron chi connectivity index (χ1n) is 10.5. The number of nitrogens with two attached hydrogens (primary N) is 1. The predicted octanol–water partition coefficient (Wildman–Crippen LogP) is 4.52. The highest BCUT2D eigenvalue weighted by atomic mass is 32.1. The number of urea groups is 1. The molecule has 0 saturated carbocycles. The molecule has 9 heteroatoms. The van der Waals surface area contributed by atoms with Gasteiger partial charge in [-0.25, -0.2) is 4.79 Å². The quantitative estimate of drug-likeness (QED) is 0.441. The minimum atomic E-state index is -1.01. The van der Waals surface area contributed by atoms with E-state index in [-0.39, 0.29) is 11.0 Å². The molecule has 5 N–H and O–H groups in total. The number of benzene rings is 2. The van der Waals surface area contributed by atoms with Crippen LogP contribution in [0.3, 0.4) is 0 Å². The number of thiocarbonyl (C=S) groups is 1. The lowest BCUT2D eigenvalue weighted by molar-refractivity contribution is -0.195. The van der Waals surface area contributed by atoms with Gasteiger partial charge in [-0.05, 0) is 57.0 Å². The van der Waals surface area contributed by atoms with Gasteiger partial charge in [-0.2, -0.15) is 0 Å². The SMILES string of the molecule is CCC(C(=O)O)N1OC(C(N)=S)=C(C)[C@@]1(C)c1ccc(NC(=O)Nc2ccc(C)cc2)cc1. The summed E-state index contributed by atoms with van der Waals surface area (Å²) in [6, 6.07) is 13.3. The monoisotopic (exact) mass is 468 g/mol. The largest absolute Gasteiger partial charge is 0.480 e. The molecule has 1 aliphatic heterocycles. The number of aryl methyl sites for hydroxylation is 1. The number of anilines is 2. The molecule has 3 rings (SSSR count). The molecule has 1 heterocycles. The predicted molar refractivity (Wildman–Crippen MR) is 132 cm³/mol. The van der Waals surface area contributed by atoms with Gasteiger partial charge in [0.15, 0.2) is 5.76 Å². The molecule has 2 atom stereocenters. The summed E-state index contributed by atoms with van der Waals surface area (Å²) in [5, 5.41) is 16.8. The number of hydrogen-bond acceptors (Lipinski definition) is 5. The fourth-order valence-corrected chi connectivity index (χ4v) is 4.03. The van der Waals surface area contributed by atoms with Gasteiger partial charge in [0.05, 0.1) is 0 Å².